The molecule has 3 fully saturated rings. The molecule has 0 spiro atoms. The van der Waals surface area contributed by atoms with Crippen LogP contribution in [0.25, 0.3) is 0 Å². The fourth-order valence-electron chi connectivity index (χ4n) is 4.37. The normalized spacial score (nSPS) is 26.1. The molecule has 2 aliphatic carbocycles. The minimum absolute atomic E-state index is 0.133. The first-order chi connectivity index (χ1) is 13.7. The molecular weight excluding hydrogens is 356 g/mol. The Hall–Kier alpha value is -1.73. The van der Waals surface area contributed by atoms with Crippen molar-refractivity contribution in [3.8, 4) is 0 Å². The number of Topliss-reactive ketones (excluding diaryl/α,β-unsaturated/α-hetero) is 1. The first kappa shape index (κ1) is 19.6. The van der Waals surface area contributed by atoms with Crippen molar-refractivity contribution >= 4 is 11.7 Å². The maximum absolute atomic E-state index is 12.4. The van der Waals surface area contributed by atoms with Crippen molar-refractivity contribution in [2.45, 2.75) is 63.3 Å². The molecule has 7 nitrogen and oxygen atoms in total. The SMILES string of the molecule is O=C(CCN1CCNCC1)CC1CCC(NC(=O)c2cc(C3CC3)on2)CC1. The van der Waals surface area contributed by atoms with Gasteiger partial charge in [0.15, 0.2) is 5.69 Å². The molecule has 7 heteroatoms. The van der Waals surface area contributed by atoms with Crippen LogP contribution in [0.2, 0.25) is 0 Å². The molecule has 2 saturated carbocycles. The lowest BCUT2D eigenvalue weighted by atomic mass is 9.82. The summed E-state index contributed by atoms with van der Waals surface area (Å²) in [5.74, 6) is 2.03. The number of carbonyl (C=O) groups excluding carboxylic acids is 2. The molecule has 0 radical (unpaired) electrons. The Morgan fingerprint density at radius 3 is 2.61 bits per heavy atom. The molecule has 154 valence electrons. The molecule has 1 amide bonds. The molecule has 2 heterocycles. The summed E-state index contributed by atoms with van der Waals surface area (Å²) < 4.78 is 5.27. The second-order valence-corrected chi connectivity index (χ2v) is 8.66. The number of carbonyl (C=O) groups is 2. The Labute approximate surface area is 166 Å². The molecule has 1 aliphatic heterocycles. The largest absolute Gasteiger partial charge is 0.360 e. The summed E-state index contributed by atoms with van der Waals surface area (Å²) in [5.41, 5.74) is 0.395. The van der Waals surface area contributed by atoms with E-state index in [1.807, 2.05) is 0 Å². The van der Waals surface area contributed by atoms with E-state index in [-0.39, 0.29) is 11.9 Å². The number of aromatic nitrogens is 1. The fraction of sp³-hybridized carbons (Fsp3) is 0.762. The maximum atomic E-state index is 12.4. The molecule has 2 N–H and O–H groups in total. The smallest absolute Gasteiger partial charge is 0.273 e. The van der Waals surface area contributed by atoms with E-state index in [1.165, 1.54) is 0 Å². The van der Waals surface area contributed by atoms with Gasteiger partial charge in [-0.15, -0.1) is 0 Å². The van der Waals surface area contributed by atoms with E-state index in [0.717, 1.165) is 77.0 Å². The Bertz CT molecular complexity index is 671. The van der Waals surface area contributed by atoms with E-state index in [1.54, 1.807) is 6.07 Å². The highest BCUT2D eigenvalue weighted by Crippen LogP contribution is 2.40. The third-order valence-electron chi connectivity index (χ3n) is 6.36. The van der Waals surface area contributed by atoms with E-state index in [4.69, 9.17) is 4.52 Å². The van der Waals surface area contributed by atoms with Crippen LogP contribution in [-0.2, 0) is 4.79 Å². The maximum Gasteiger partial charge on any atom is 0.273 e. The van der Waals surface area contributed by atoms with Crippen LogP contribution in [0.3, 0.4) is 0 Å². The van der Waals surface area contributed by atoms with Crippen molar-refractivity contribution in [1.29, 1.82) is 0 Å². The molecule has 28 heavy (non-hydrogen) atoms. The first-order valence-corrected chi connectivity index (χ1v) is 10.9. The van der Waals surface area contributed by atoms with Gasteiger partial charge in [-0.05, 0) is 44.4 Å². The van der Waals surface area contributed by atoms with Crippen molar-refractivity contribution in [3.63, 3.8) is 0 Å². The topological polar surface area (TPSA) is 87.5 Å². The molecule has 1 aromatic rings. The van der Waals surface area contributed by atoms with E-state index in [9.17, 15) is 9.59 Å². The predicted molar refractivity (Wildman–Crippen MR) is 105 cm³/mol. The van der Waals surface area contributed by atoms with Crippen molar-refractivity contribution in [2.75, 3.05) is 32.7 Å². The van der Waals surface area contributed by atoms with Gasteiger partial charge in [0.1, 0.15) is 11.5 Å². The quantitative estimate of drug-likeness (QED) is 0.709. The zero-order valence-corrected chi connectivity index (χ0v) is 16.6. The minimum atomic E-state index is -0.133. The highest BCUT2D eigenvalue weighted by Gasteiger charge is 2.30. The van der Waals surface area contributed by atoms with Gasteiger partial charge in [-0.25, -0.2) is 0 Å². The zero-order chi connectivity index (χ0) is 19.3. The minimum Gasteiger partial charge on any atom is -0.360 e. The zero-order valence-electron chi connectivity index (χ0n) is 16.6. The molecule has 0 atom stereocenters. The lowest BCUT2D eigenvalue weighted by molar-refractivity contribution is -0.120. The van der Waals surface area contributed by atoms with E-state index >= 15 is 0 Å². The van der Waals surface area contributed by atoms with E-state index < -0.39 is 0 Å². The monoisotopic (exact) mass is 388 g/mol. The highest BCUT2D eigenvalue weighted by atomic mass is 16.5. The van der Waals surface area contributed by atoms with Crippen molar-refractivity contribution in [1.82, 2.24) is 20.7 Å². The Morgan fingerprint density at radius 2 is 1.89 bits per heavy atom. The summed E-state index contributed by atoms with van der Waals surface area (Å²) in [4.78, 5) is 27.1. The van der Waals surface area contributed by atoms with Gasteiger partial charge in [0, 0.05) is 63.6 Å². The van der Waals surface area contributed by atoms with Gasteiger partial charge in [-0.2, -0.15) is 0 Å². The third-order valence-corrected chi connectivity index (χ3v) is 6.36. The summed E-state index contributed by atoms with van der Waals surface area (Å²) in [7, 11) is 0. The average molecular weight is 389 g/mol. The van der Waals surface area contributed by atoms with Crippen molar-refractivity contribution in [2.24, 2.45) is 5.92 Å². The summed E-state index contributed by atoms with van der Waals surface area (Å²) in [5, 5.41) is 10.3. The van der Waals surface area contributed by atoms with Gasteiger partial charge in [0.05, 0.1) is 0 Å². The van der Waals surface area contributed by atoms with Gasteiger partial charge in [0.25, 0.3) is 5.91 Å². The molecular formula is C21H32N4O3. The summed E-state index contributed by atoms with van der Waals surface area (Å²) in [6, 6.07) is 1.97. The summed E-state index contributed by atoms with van der Waals surface area (Å²) in [6.45, 7) is 5.05. The second kappa shape index (κ2) is 9.18. The van der Waals surface area contributed by atoms with Crippen LogP contribution >= 0.6 is 0 Å². The standard InChI is InChI=1S/C21H32N4O3/c26-18(7-10-25-11-8-22-9-12-25)13-15-1-5-17(6-2-15)23-21(27)19-14-20(28-24-19)16-3-4-16/h14-17,22H,1-13H2,(H,23,27). The van der Waals surface area contributed by atoms with Crippen LogP contribution < -0.4 is 10.6 Å². The predicted octanol–water partition coefficient (Wildman–Crippen LogP) is 2.10. The van der Waals surface area contributed by atoms with Gasteiger partial charge in [-0.3, -0.25) is 9.59 Å². The number of hydrogen-bond donors (Lipinski definition) is 2. The number of nitrogens with one attached hydrogen (secondary N) is 2. The number of ketones is 1. The molecule has 3 aliphatic rings. The highest BCUT2D eigenvalue weighted by molar-refractivity contribution is 5.92. The lowest BCUT2D eigenvalue weighted by Crippen LogP contribution is -2.44. The second-order valence-electron chi connectivity index (χ2n) is 8.66. The Morgan fingerprint density at radius 1 is 1.14 bits per heavy atom. The summed E-state index contributed by atoms with van der Waals surface area (Å²) in [6.07, 6.45) is 7.53. The number of nitrogens with zero attached hydrogens (tertiary/aromatic N) is 2. The van der Waals surface area contributed by atoms with Crippen LogP contribution in [0.4, 0.5) is 0 Å². The Kier molecular flexibility index (Phi) is 6.42. The molecule has 4 rings (SSSR count). The molecule has 0 bridgehead atoms. The van der Waals surface area contributed by atoms with Gasteiger partial charge < -0.3 is 20.1 Å². The van der Waals surface area contributed by atoms with Gasteiger partial charge in [-0.1, -0.05) is 5.16 Å². The molecule has 1 aromatic heterocycles. The molecule has 0 aromatic carbocycles. The van der Waals surface area contributed by atoms with Crippen LogP contribution in [-0.4, -0.2) is 60.5 Å². The van der Waals surface area contributed by atoms with Crippen LogP contribution in [0.1, 0.15) is 73.5 Å². The van der Waals surface area contributed by atoms with Gasteiger partial charge >= 0.3 is 0 Å². The van der Waals surface area contributed by atoms with Crippen LogP contribution in [0.15, 0.2) is 10.6 Å². The number of hydrogen-bond acceptors (Lipinski definition) is 6. The first-order valence-electron chi connectivity index (χ1n) is 10.9. The van der Waals surface area contributed by atoms with E-state index in [2.05, 4.69) is 20.7 Å². The van der Waals surface area contributed by atoms with Crippen LogP contribution in [0, 0.1) is 5.92 Å². The number of rotatable bonds is 8. The number of amides is 1. The Balaban J connectivity index is 1.13. The molecule has 0 unspecified atom stereocenters. The van der Waals surface area contributed by atoms with Crippen molar-refractivity contribution in [3.05, 3.63) is 17.5 Å². The van der Waals surface area contributed by atoms with Crippen molar-refractivity contribution < 1.29 is 14.1 Å². The average Bonchev–Trinajstić information content (AvgIpc) is 3.45. The molecule has 1 saturated heterocycles. The third kappa shape index (κ3) is 5.41. The van der Waals surface area contributed by atoms with Gasteiger partial charge in [0.2, 0.25) is 0 Å². The lowest BCUT2D eigenvalue weighted by Gasteiger charge is -2.29. The summed E-state index contributed by atoms with van der Waals surface area (Å²) >= 11 is 0. The van der Waals surface area contributed by atoms with E-state index in [0.29, 0.717) is 36.2 Å². The fourth-order valence-corrected chi connectivity index (χ4v) is 4.37. The number of piperazine rings is 1. The van der Waals surface area contributed by atoms with Crippen LogP contribution in [0.5, 0.6) is 0 Å².